The van der Waals surface area contributed by atoms with Crippen molar-refractivity contribution in [1.82, 2.24) is 0 Å². The van der Waals surface area contributed by atoms with Gasteiger partial charge in [-0.25, -0.2) is 4.39 Å². The lowest BCUT2D eigenvalue weighted by molar-refractivity contribution is -0.135. The molecule has 1 aliphatic rings. The van der Waals surface area contributed by atoms with Gasteiger partial charge >= 0.3 is 6.11 Å². The lowest BCUT2D eigenvalue weighted by atomic mass is 9.77. The number of halogens is 5. The molecule has 1 nitrogen and oxygen atoms in total. The highest BCUT2D eigenvalue weighted by molar-refractivity contribution is 5.65. The fraction of sp³-hybridized carbons (Fsp3) is 0.312. The van der Waals surface area contributed by atoms with Gasteiger partial charge in [0.05, 0.1) is 6.08 Å². The van der Waals surface area contributed by atoms with E-state index in [-0.39, 0.29) is 0 Å². The van der Waals surface area contributed by atoms with Crippen molar-refractivity contribution in [3.8, 4) is 28.7 Å². The number of hydrogen-bond donors (Lipinski definition) is 0. The largest absolute Gasteiger partial charge is 0.426 e. The van der Waals surface area contributed by atoms with E-state index in [1.807, 2.05) is 0 Å². The Labute approximate surface area is 220 Å². The summed E-state index contributed by atoms with van der Waals surface area (Å²) in [6, 6.07) is 18.9. The van der Waals surface area contributed by atoms with E-state index >= 15 is 0 Å². The minimum atomic E-state index is -4.32. The lowest BCUT2D eigenvalue weighted by Crippen LogP contribution is -2.22. The van der Waals surface area contributed by atoms with Gasteiger partial charge in [0, 0.05) is 11.1 Å². The van der Waals surface area contributed by atoms with Crippen molar-refractivity contribution in [2.75, 3.05) is 0 Å². The van der Waals surface area contributed by atoms with Crippen LogP contribution in [0.4, 0.5) is 22.0 Å². The second kappa shape index (κ2) is 12.3. The van der Waals surface area contributed by atoms with E-state index in [9.17, 15) is 22.0 Å². The molecule has 38 heavy (non-hydrogen) atoms. The van der Waals surface area contributed by atoms with Crippen LogP contribution in [0.25, 0.3) is 11.1 Å². The van der Waals surface area contributed by atoms with Crippen LogP contribution in [0.3, 0.4) is 0 Å². The highest BCUT2D eigenvalue weighted by atomic mass is 19.3. The molecule has 198 valence electrons. The first-order valence-corrected chi connectivity index (χ1v) is 12.8. The van der Waals surface area contributed by atoms with Gasteiger partial charge in [0.1, 0.15) is 0 Å². The van der Waals surface area contributed by atoms with Crippen LogP contribution >= 0.6 is 0 Å². The van der Waals surface area contributed by atoms with Crippen molar-refractivity contribution in [3.05, 3.63) is 101 Å². The summed E-state index contributed by atoms with van der Waals surface area (Å²) in [5, 5.41) is 0. The first-order chi connectivity index (χ1) is 18.2. The molecule has 1 aliphatic carbocycles. The molecule has 0 amide bonds. The average molecular weight is 525 g/mol. The molecular formula is C32H29F5O. The predicted molar refractivity (Wildman–Crippen MR) is 140 cm³/mol. The Kier molecular flexibility index (Phi) is 8.89. The van der Waals surface area contributed by atoms with Gasteiger partial charge in [0.15, 0.2) is 11.6 Å². The summed E-state index contributed by atoms with van der Waals surface area (Å²) < 4.78 is 69.4. The van der Waals surface area contributed by atoms with E-state index in [1.54, 1.807) is 24.3 Å². The summed E-state index contributed by atoms with van der Waals surface area (Å²) in [5.74, 6) is 5.90. The van der Waals surface area contributed by atoms with Crippen LogP contribution in [0.1, 0.15) is 68.1 Å². The van der Waals surface area contributed by atoms with Crippen molar-refractivity contribution in [3.63, 3.8) is 0 Å². The van der Waals surface area contributed by atoms with Gasteiger partial charge < -0.3 is 4.74 Å². The van der Waals surface area contributed by atoms with Crippen LogP contribution in [0, 0.1) is 23.6 Å². The van der Waals surface area contributed by atoms with E-state index in [0.717, 1.165) is 29.2 Å². The topological polar surface area (TPSA) is 9.23 Å². The van der Waals surface area contributed by atoms with E-state index in [2.05, 4.69) is 47.8 Å². The van der Waals surface area contributed by atoms with Crippen molar-refractivity contribution in [1.29, 1.82) is 0 Å². The molecule has 0 unspecified atom stereocenters. The minimum Gasteiger partial charge on any atom is -0.426 e. The molecule has 0 aliphatic heterocycles. The Bertz CT molecular complexity index is 1300. The summed E-state index contributed by atoms with van der Waals surface area (Å²) in [6.45, 7) is 2.26. The lowest BCUT2D eigenvalue weighted by Gasteiger charge is -2.28. The molecule has 1 saturated carbocycles. The standard InChI is InChI=1S/C32H29F5O/c1-2-3-22-6-12-25(13-7-22)26-14-8-23(9-15-26)4-5-24-10-16-27(17-11-24)28-18-19-30(29(33)20-28)38-32(36,37)21-31(34)35/h8-11,14-22,25H,2-3,6-7,12-13H2,1H3. The maximum Gasteiger partial charge on any atom is 0.425 e. The molecule has 0 bridgehead atoms. The van der Waals surface area contributed by atoms with Crippen LogP contribution in [0.15, 0.2) is 78.9 Å². The fourth-order valence-electron chi connectivity index (χ4n) is 4.99. The zero-order valence-electron chi connectivity index (χ0n) is 21.1. The number of hydrogen-bond acceptors (Lipinski definition) is 1. The fourth-order valence-corrected chi connectivity index (χ4v) is 4.99. The zero-order chi connectivity index (χ0) is 27.1. The molecular weight excluding hydrogens is 495 g/mol. The highest BCUT2D eigenvalue weighted by Gasteiger charge is 2.31. The summed E-state index contributed by atoms with van der Waals surface area (Å²) in [7, 11) is 0. The van der Waals surface area contributed by atoms with Crippen LogP contribution in [-0.4, -0.2) is 6.11 Å². The Morgan fingerprint density at radius 2 is 1.45 bits per heavy atom. The number of alkyl halides is 2. The van der Waals surface area contributed by atoms with Gasteiger partial charge in [0.2, 0.25) is 0 Å². The predicted octanol–water partition coefficient (Wildman–Crippen LogP) is 9.72. The van der Waals surface area contributed by atoms with Gasteiger partial charge in [-0.05, 0) is 90.6 Å². The summed E-state index contributed by atoms with van der Waals surface area (Å²) in [6.07, 6.45) is 0.130. The van der Waals surface area contributed by atoms with Gasteiger partial charge in [-0.15, -0.1) is 0 Å². The first-order valence-electron chi connectivity index (χ1n) is 12.8. The molecule has 1 fully saturated rings. The first kappa shape index (κ1) is 27.4. The normalized spacial score (nSPS) is 17.3. The van der Waals surface area contributed by atoms with Gasteiger partial charge in [-0.1, -0.05) is 61.9 Å². The van der Waals surface area contributed by atoms with Crippen molar-refractivity contribution < 1.29 is 26.7 Å². The van der Waals surface area contributed by atoms with E-state index < -0.39 is 29.8 Å². The molecule has 6 heteroatoms. The smallest absolute Gasteiger partial charge is 0.425 e. The Hall–Kier alpha value is -3.59. The Morgan fingerprint density at radius 3 is 2.00 bits per heavy atom. The average Bonchev–Trinajstić information content (AvgIpc) is 2.89. The molecule has 0 atom stereocenters. The molecule has 0 heterocycles. The molecule has 0 radical (unpaired) electrons. The van der Waals surface area contributed by atoms with Crippen molar-refractivity contribution >= 4 is 0 Å². The van der Waals surface area contributed by atoms with Crippen molar-refractivity contribution in [2.45, 2.75) is 57.5 Å². The number of benzene rings is 3. The third-order valence-electron chi connectivity index (χ3n) is 6.95. The summed E-state index contributed by atoms with van der Waals surface area (Å²) >= 11 is 0. The maximum atomic E-state index is 14.3. The van der Waals surface area contributed by atoms with E-state index in [4.69, 9.17) is 0 Å². The highest BCUT2D eigenvalue weighted by Crippen LogP contribution is 2.37. The maximum absolute atomic E-state index is 14.3. The van der Waals surface area contributed by atoms with Crippen molar-refractivity contribution in [2.24, 2.45) is 5.92 Å². The van der Waals surface area contributed by atoms with E-state index in [0.29, 0.717) is 17.0 Å². The minimum absolute atomic E-state index is 0.421. The Morgan fingerprint density at radius 1 is 0.868 bits per heavy atom. The van der Waals surface area contributed by atoms with Gasteiger partial charge in [0.25, 0.3) is 6.08 Å². The molecule has 0 spiro atoms. The van der Waals surface area contributed by atoms with Crippen LogP contribution in [-0.2, 0) is 0 Å². The number of rotatable bonds is 7. The summed E-state index contributed by atoms with van der Waals surface area (Å²) in [4.78, 5) is 0. The zero-order valence-corrected chi connectivity index (χ0v) is 21.1. The molecule has 3 aromatic carbocycles. The summed E-state index contributed by atoms with van der Waals surface area (Å²) in [5.41, 5.74) is 4.14. The monoisotopic (exact) mass is 524 g/mol. The number of ether oxygens (including phenoxy) is 1. The van der Waals surface area contributed by atoms with Crippen LogP contribution in [0.5, 0.6) is 5.75 Å². The quantitative estimate of drug-likeness (QED) is 0.221. The SMILES string of the molecule is CCCC1CCC(c2ccc(C#Cc3ccc(-c4ccc(OC(F)(F)C=C(F)F)c(F)c4)cc3)cc2)CC1. The second-order valence-electron chi connectivity index (χ2n) is 9.70. The third kappa shape index (κ3) is 7.47. The van der Waals surface area contributed by atoms with Crippen LogP contribution < -0.4 is 4.74 Å². The van der Waals surface area contributed by atoms with Gasteiger partial charge in [-0.2, -0.15) is 17.6 Å². The molecule has 0 aromatic heterocycles. The molecule has 0 saturated heterocycles. The molecule has 4 rings (SSSR count). The third-order valence-corrected chi connectivity index (χ3v) is 6.95. The van der Waals surface area contributed by atoms with Crippen LogP contribution in [0.2, 0.25) is 0 Å². The molecule has 3 aromatic rings. The Balaban J connectivity index is 1.38. The van der Waals surface area contributed by atoms with E-state index in [1.165, 1.54) is 50.2 Å². The van der Waals surface area contributed by atoms with Gasteiger partial charge in [-0.3, -0.25) is 0 Å². The second-order valence-corrected chi connectivity index (χ2v) is 9.70. The molecule has 0 N–H and O–H groups in total.